The third-order valence-corrected chi connectivity index (χ3v) is 2.79. The highest BCUT2D eigenvalue weighted by molar-refractivity contribution is 9.10. The number of rotatable bonds is 3. The zero-order valence-corrected chi connectivity index (χ0v) is 10.9. The molecule has 0 heterocycles. The molecule has 0 unspecified atom stereocenters. The van der Waals surface area contributed by atoms with Crippen LogP contribution in [0.4, 0.5) is 0 Å². The molecule has 86 valence electrons. The van der Waals surface area contributed by atoms with Gasteiger partial charge in [-0.05, 0) is 37.3 Å². The summed E-state index contributed by atoms with van der Waals surface area (Å²) < 4.78 is 6.55. The summed E-state index contributed by atoms with van der Waals surface area (Å²) in [4.78, 5) is 11.5. The average Bonchev–Trinajstić information content (AvgIpc) is 2.32. The Balaban J connectivity index is 2.36. The van der Waals surface area contributed by atoms with Crippen molar-refractivity contribution in [3.8, 4) is 11.5 Å². The van der Waals surface area contributed by atoms with E-state index < -0.39 is 0 Å². The minimum atomic E-state index is -0.0165. The van der Waals surface area contributed by atoms with E-state index in [0.29, 0.717) is 11.3 Å². The zero-order chi connectivity index (χ0) is 12.3. The first-order valence-corrected chi connectivity index (χ1v) is 5.99. The second-order valence-corrected chi connectivity index (χ2v) is 4.53. The predicted octanol–water partition coefficient (Wildman–Crippen LogP) is 4.44. The summed E-state index contributed by atoms with van der Waals surface area (Å²) >= 11 is 3.34. The first-order chi connectivity index (χ1) is 8.16. The molecule has 0 aliphatic heterocycles. The Morgan fingerprint density at radius 3 is 2.47 bits per heavy atom. The maximum Gasteiger partial charge on any atom is 0.163 e. The largest absolute Gasteiger partial charge is 0.457 e. The van der Waals surface area contributed by atoms with Gasteiger partial charge < -0.3 is 4.74 Å². The fraction of sp³-hybridized carbons (Fsp3) is 0.0714. The van der Waals surface area contributed by atoms with Gasteiger partial charge in [-0.2, -0.15) is 0 Å². The monoisotopic (exact) mass is 290 g/mol. The summed E-state index contributed by atoms with van der Waals surface area (Å²) in [6.45, 7) is 1.53. The molecule has 2 rings (SSSR count). The molecule has 0 atom stereocenters. The van der Waals surface area contributed by atoms with Crippen LogP contribution in [-0.2, 0) is 0 Å². The molecule has 2 aromatic rings. The Hall–Kier alpha value is -1.61. The number of carbonyl (C=O) groups excluding carboxylic acids is 1. The van der Waals surface area contributed by atoms with Crippen molar-refractivity contribution in [3.05, 3.63) is 58.6 Å². The van der Waals surface area contributed by atoms with Crippen molar-refractivity contribution in [1.82, 2.24) is 0 Å². The standard InChI is InChI=1S/C14H11BrO2/c1-10(16)13-9-11(15)7-8-14(13)17-12-5-3-2-4-6-12/h2-9H,1H3. The number of hydrogen-bond donors (Lipinski definition) is 0. The van der Waals surface area contributed by atoms with Crippen LogP contribution < -0.4 is 4.74 Å². The minimum absolute atomic E-state index is 0.0165. The van der Waals surface area contributed by atoms with Gasteiger partial charge in [0, 0.05) is 4.47 Å². The molecule has 3 heteroatoms. The zero-order valence-electron chi connectivity index (χ0n) is 9.31. The van der Waals surface area contributed by atoms with Crippen molar-refractivity contribution < 1.29 is 9.53 Å². The van der Waals surface area contributed by atoms with Crippen LogP contribution in [0.25, 0.3) is 0 Å². The Morgan fingerprint density at radius 1 is 1.12 bits per heavy atom. The van der Waals surface area contributed by atoms with Gasteiger partial charge in [0.15, 0.2) is 5.78 Å². The van der Waals surface area contributed by atoms with Crippen molar-refractivity contribution in [1.29, 1.82) is 0 Å². The van der Waals surface area contributed by atoms with Gasteiger partial charge in [-0.3, -0.25) is 4.79 Å². The molecular weight excluding hydrogens is 280 g/mol. The quantitative estimate of drug-likeness (QED) is 0.781. The number of para-hydroxylation sites is 1. The molecule has 2 nitrogen and oxygen atoms in total. The molecule has 17 heavy (non-hydrogen) atoms. The highest BCUT2D eigenvalue weighted by atomic mass is 79.9. The summed E-state index contributed by atoms with van der Waals surface area (Å²) in [5.74, 6) is 1.28. The lowest BCUT2D eigenvalue weighted by Gasteiger charge is -2.09. The summed E-state index contributed by atoms with van der Waals surface area (Å²) in [7, 11) is 0. The Morgan fingerprint density at radius 2 is 1.82 bits per heavy atom. The van der Waals surface area contributed by atoms with Crippen LogP contribution in [0.3, 0.4) is 0 Å². The van der Waals surface area contributed by atoms with Gasteiger partial charge in [-0.25, -0.2) is 0 Å². The van der Waals surface area contributed by atoms with E-state index in [9.17, 15) is 4.79 Å². The predicted molar refractivity (Wildman–Crippen MR) is 70.7 cm³/mol. The molecule has 0 amide bonds. The van der Waals surface area contributed by atoms with E-state index in [4.69, 9.17) is 4.74 Å². The third kappa shape index (κ3) is 2.94. The Bertz CT molecular complexity index is 535. The maximum atomic E-state index is 11.5. The first-order valence-electron chi connectivity index (χ1n) is 5.20. The first kappa shape index (κ1) is 11.9. The molecule has 0 saturated heterocycles. The molecule has 0 aliphatic carbocycles. The Kier molecular flexibility index (Phi) is 3.59. The fourth-order valence-corrected chi connectivity index (χ4v) is 1.84. The molecule has 0 aromatic heterocycles. The molecule has 0 saturated carbocycles. The van der Waals surface area contributed by atoms with Gasteiger partial charge in [0.25, 0.3) is 0 Å². The van der Waals surface area contributed by atoms with Gasteiger partial charge >= 0.3 is 0 Å². The molecular formula is C14H11BrO2. The maximum absolute atomic E-state index is 11.5. The lowest BCUT2D eigenvalue weighted by Crippen LogP contribution is -1.97. The molecule has 0 spiro atoms. The number of ether oxygens (including phenoxy) is 1. The van der Waals surface area contributed by atoms with Crippen LogP contribution in [0.5, 0.6) is 11.5 Å². The summed E-state index contributed by atoms with van der Waals surface area (Å²) in [5.41, 5.74) is 0.572. The fourth-order valence-electron chi connectivity index (χ4n) is 1.48. The van der Waals surface area contributed by atoms with Crippen LogP contribution in [0, 0.1) is 0 Å². The third-order valence-electron chi connectivity index (χ3n) is 2.29. The topological polar surface area (TPSA) is 26.3 Å². The summed E-state index contributed by atoms with van der Waals surface area (Å²) in [6, 6.07) is 14.8. The van der Waals surface area contributed by atoms with Crippen LogP contribution in [0.1, 0.15) is 17.3 Å². The van der Waals surface area contributed by atoms with E-state index >= 15 is 0 Å². The van der Waals surface area contributed by atoms with Crippen molar-refractivity contribution in [2.45, 2.75) is 6.92 Å². The van der Waals surface area contributed by atoms with Gasteiger partial charge in [-0.15, -0.1) is 0 Å². The highest BCUT2D eigenvalue weighted by Crippen LogP contribution is 2.28. The lowest BCUT2D eigenvalue weighted by atomic mass is 10.1. The number of carbonyl (C=O) groups is 1. The van der Waals surface area contributed by atoms with Crippen LogP contribution in [-0.4, -0.2) is 5.78 Å². The van der Waals surface area contributed by atoms with Gasteiger partial charge in [-0.1, -0.05) is 34.1 Å². The van der Waals surface area contributed by atoms with Crippen molar-refractivity contribution >= 4 is 21.7 Å². The number of benzene rings is 2. The molecule has 0 bridgehead atoms. The lowest BCUT2D eigenvalue weighted by molar-refractivity contribution is 0.101. The second-order valence-electron chi connectivity index (χ2n) is 3.61. The molecule has 0 fully saturated rings. The van der Waals surface area contributed by atoms with Gasteiger partial charge in [0.2, 0.25) is 0 Å². The number of ketones is 1. The van der Waals surface area contributed by atoms with Gasteiger partial charge in [0.1, 0.15) is 11.5 Å². The Labute approximate surface area is 108 Å². The number of halogens is 1. The molecule has 0 radical (unpaired) electrons. The average molecular weight is 291 g/mol. The van der Waals surface area contributed by atoms with E-state index in [1.54, 1.807) is 12.1 Å². The summed E-state index contributed by atoms with van der Waals surface area (Å²) in [6.07, 6.45) is 0. The molecule has 0 N–H and O–H groups in total. The molecule has 2 aromatic carbocycles. The van der Waals surface area contributed by atoms with Gasteiger partial charge in [0.05, 0.1) is 5.56 Å². The van der Waals surface area contributed by atoms with Crippen LogP contribution in [0.2, 0.25) is 0 Å². The van der Waals surface area contributed by atoms with E-state index in [1.807, 2.05) is 36.4 Å². The summed E-state index contributed by atoms with van der Waals surface area (Å²) in [5, 5.41) is 0. The van der Waals surface area contributed by atoms with E-state index in [-0.39, 0.29) is 5.78 Å². The van der Waals surface area contributed by atoms with Crippen molar-refractivity contribution in [3.63, 3.8) is 0 Å². The SMILES string of the molecule is CC(=O)c1cc(Br)ccc1Oc1ccccc1. The smallest absolute Gasteiger partial charge is 0.163 e. The normalized spacial score (nSPS) is 10.0. The van der Waals surface area contributed by atoms with E-state index in [0.717, 1.165) is 10.2 Å². The minimum Gasteiger partial charge on any atom is -0.457 e. The number of Topliss-reactive ketones (excluding diaryl/α,β-unsaturated/α-hetero) is 1. The van der Waals surface area contributed by atoms with E-state index in [2.05, 4.69) is 15.9 Å². The van der Waals surface area contributed by atoms with Crippen LogP contribution >= 0.6 is 15.9 Å². The highest BCUT2D eigenvalue weighted by Gasteiger charge is 2.09. The van der Waals surface area contributed by atoms with Crippen molar-refractivity contribution in [2.75, 3.05) is 0 Å². The van der Waals surface area contributed by atoms with Crippen LogP contribution in [0.15, 0.2) is 53.0 Å². The van der Waals surface area contributed by atoms with Crippen molar-refractivity contribution in [2.24, 2.45) is 0 Å². The molecule has 0 aliphatic rings. The van der Waals surface area contributed by atoms with E-state index in [1.165, 1.54) is 6.92 Å². The number of hydrogen-bond acceptors (Lipinski definition) is 2. The second kappa shape index (κ2) is 5.15.